The van der Waals surface area contributed by atoms with Gasteiger partial charge in [-0.2, -0.15) is 39.5 Å². The van der Waals surface area contributed by atoms with E-state index < -0.39 is 73.9 Å². The van der Waals surface area contributed by atoms with Crippen LogP contribution in [0.5, 0.6) is 0 Å². The first-order valence-corrected chi connectivity index (χ1v) is 18.6. The highest BCUT2D eigenvalue weighted by atomic mass is 28.4. The summed E-state index contributed by atoms with van der Waals surface area (Å²) in [6.07, 6.45) is -16.0. The molecule has 2 aromatic rings. The highest BCUT2D eigenvalue weighted by Crippen LogP contribution is 2.42. The maximum absolute atomic E-state index is 13.9. The Morgan fingerprint density at radius 1 is 0.898 bits per heavy atom. The fourth-order valence-electron chi connectivity index (χ4n) is 5.59. The minimum Gasteiger partial charge on any atom is -0.439 e. The van der Waals surface area contributed by atoms with Crippen molar-refractivity contribution in [2.45, 2.75) is 102 Å². The number of rotatable bonds is 9. The fourth-order valence-corrected chi connectivity index (χ4v) is 6.63. The van der Waals surface area contributed by atoms with Crippen LogP contribution in [0.25, 0.3) is 0 Å². The van der Waals surface area contributed by atoms with Gasteiger partial charge in [0.2, 0.25) is 0 Å². The van der Waals surface area contributed by atoms with Gasteiger partial charge in [0.1, 0.15) is 11.9 Å². The van der Waals surface area contributed by atoms with Crippen LogP contribution in [0.1, 0.15) is 74.5 Å². The zero-order chi connectivity index (χ0) is 36.7. The number of aromatic nitrogens is 1. The van der Waals surface area contributed by atoms with Gasteiger partial charge < -0.3 is 18.8 Å². The van der Waals surface area contributed by atoms with Crippen molar-refractivity contribution in [3.8, 4) is 0 Å². The van der Waals surface area contributed by atoms with Crippen molar-refractivity contribution in [2.75, 3.05) is 31.3 Å². The monoisotopic (exact) mass is 729 g/mol. The van der Waals surface area contributed by atoms with Crippen molar-refractivity contribution in [3.05, 3.63) is 58.3 Å². The summed E-state index contributed by atoms with van der Waals surface area (Å²) >= 11 is 0. The van der Waals surface area contributed by atoms with E-state index in [-0.39, 0.29) is 41.7 Å². The summed E-state index contributed by atoms with van der Waals surface area (Å²) < 4.78 is 140. The van der Waals surface area contributed by atoms with Gasteiger partial charge in [-0.25, -0.2) is 9.78 Å². The number of carbonyl (C=O) groups is 1. The van der Waals surface area contributed by atoms with Gasteiger partial charge in [-0.15, -0.1) is 0 Å². The van der Waals surface area contributed by atoms with Gasteiger partial charge in [-0.1, -0.05) is 20.8 Å². The van der Waals surface area contributed by atoms with Gasteiger partial charge in [0, 0.05) is 37.6 Å². The molecule has 0 bridgehead atoms. The zero-order valence-electron chi connectivity index (χ0n) is 27.9. The molecule has 0 N–H and O–H groups in total. The molecule has 1 aromatic heterocycles. The molecule has 2 atom stereocenters. The van der Waals surface area contributed by atoms with Crippen LogP contribution in [0.2, 0.25) is 18.1 Å². The molecule has 3 heterocycles. The number of carbonyl (C=O) groups excluding carboxylic acids is 1. The third-order valence-electron chi connectivity index (χ3n) is 9.45. The average Bonchev–Trinajstić information content (AvgIpc) is 3.26. The van der Waals surface area contributed by atoms with Crippen LogP contribution in [0.15, 0.2) is 30.5 Å². The second-order valence-electron chi connectivity index (χ2n) is 13.9. The van der Waals surface area contributed by atoms with Crippen LogP contribution >= 0.6 is 0 Å². The number of ether oxygens (including phenoxy) is 2. The molecular weight excluding hydrogens is 689 g/mol. The summed E-state index contributed by atoms with van der Waals surface area (Å²) in [7, 11) is -2.22. The van der Waals surface area contributed by atoms with Gasteiger partial charge in [-0.05, 0) is 67.7 Å². The zero-order valence-corrected chi connectivity index (χ0v) is 28.9. The first kappa shape index (κ1) is 38.7. The van der Waals surface area contributed by atoms with Crippen molar-refractivity contribution in [1.29, 1.82) is 0 Å². The first-order valence-electron chi connectivity index (χ1n) is 15.7. The number of cyclic esters (lactones) is 1. The molecular formula is C32H40F9N3O4Si. The molecule has 0 unspecified atom stereocenters. The number of benzene rings is 1. The van der Waals surface area contributed by atoms with Gasteiger partial charge in [0.25, 0.3) is 0 Å². The summed E-state index contributed by atoms with van der Waals surface area (Å²) in [6, 6.07) is 0.379. The summed E-state index contributed by atoms with van der Waals surface area (Å²) in [5.41, 5.74) is -4.86. The lowest BCUT2D eigenvalue weighted by Gasteiger charge is -2.39. The Morgan fingerprint density at radius 2 is 1.45 bits per heavy atom. The third-order valence-corrected chi connectivity index (χ3v) is 14.0. The lowest BCUT2D eigenvalue weighted by molar-refractivity contribution is -0.143. The predicted molar refractivity (Wildman–Crippen MR) is 164 cm³/mol. The minimum atomic E-state index is -5.14. The third kappa shape index (κ3) is 9.01. The summed E-state index contributed by atoms with van der Waals surface area (Å²) in [5.74, 6) is 0.139. The van der Waals surface area contributed by atoms with E-state index in [0.29, 0.717) is 44.4 Å². The van der Waals surface area contributed by atoms with Crippen molar-refractivity contribution in [3.63, 3.8) is 0 Å². The number of nitrogens with zero attached hydrogens (tertiary/aromatic N) is 3. The van der Waals surface area contributed by atoms with Crippen LogP contribution in [-0.4, -0.2) is 62.7 Å². The molecule has 49 heavy (non-hydrogen) atoms. The summed E-state index contributed by atoms with van der Waals surface area (Å²) in [4.78, 5) is 20.2. The Morgan fingerprint density at radius 3 is 1.96 bits per heavy atom. The van der Waals surface area contributed by atoms with E-state index in [0.717, 1.165) is 11.0 Å². The van der Waals surface area contributed by atoms with Crippen molar-refractivity contribution in [2.24, 2.45) is 0 Å². The molecule has 2 aliphatic heterocycles. The summed E-state index contributed by atoms with van der Waals surface area (Å²) in [6.45, 7) is 12.4. The Bertz CT molecular complexity index is 1450. The number of anilines is 1. The molecule has 2 fully saturated rings. The van der Waals surface area contributed by atoms with E-state index in [2.05, 4.69) is 38.8 Å². The Kier molecular flexibility index (Phi) is 11.0. The number of pyridine rings is 1. The average molecular weight is 730 g/mol. The molecule has 7 nitrogen and oxygen atoms in total. The highest BCUT2D eigenvalue weighted by molar-refractivity contribution is 6.74. The second-order valence-corrected chi connectivity index (χ2v) is 18.7. The van der Waals surface area contributed by atoms with E-state index in [1.54, 1.807) is 0 Å². The lowest BCUT2D eigenvalue weighted by Crippen LogP contribution is -2.46. The maximum atomic E-state index is 13.9. The van der Waals surface area contributed by atoms with Gasteiger partial charge in [0.15, 0.2) is 8.32 Å². The largest absolute Gasteiger partial charge is 0.439 e. The topological polar surface area (TPSA) is 64.1 Å². The van der Waals surface area contributed by atoms with Gasteiger partial charge in [-0.3, -0.25) is 4.90 Å². The number of amides is 1. The van der Waals surface area contributed by atoms with Crippen LogP contribution in [0.4, 0.5) is 50.1 Å². The minimum absolute atomic E-state index is 0.0295. The molecule has 0 radical (unpaired) electrons. The molecule has 4 rings (SSSR count). The van der Waals surface area contributed by atoms with E-state index in [9.17, 15) is 44.3 Å². The first-order chi connectivity index (χ1) is 22.4. The quantitative estimate of drug-likeness (QED) is 0.190. The molecule has 0 saturated carbocycles. The van der Waals surface area contributed by atoms with E-state index in [1.807, 2.05) is 4.90 Å². The van der Waals surface area contributed by atoms with Crippen molar-refractivity contribution in [1.82, 2.24) is 9.88 Å². The fraction of sp³-hybridized carbons (Fsp3) is 0.625. The molecule has 2 saturated heterocycles. The SMILES string of the molecule is C[C@H]1[C@@H](c2cc(C(F)(F)F)cc(C(F)(F)F)c2)OC(=O)N1Cc1cc(C(F)(F)F)cnc1N(CCO[Si](C)(C)C(C)(C)C)C1CCOCC1. The Hall–Kier alpha value is -3.05. The van der Waals surface area contributed by atoms with E-state index in [4.69, 9.17) is 13.9 Å². The van der Waals surface area contributed by atoms with Crippen molar-refractivity contribution < 1.29 is 58.2 Å². The smallest absolute Gasteiger partial charge is 0.417 e. The van der Waals surface area contributed by atoms with Crippen molar-refractivity contribution >= 4 is 20.2 Å². The maximum Gasteiger partial charge on any atom is 0.417 e. The number of hydrogen-bond acceptors (Lipinski definition) is 6. The number of hydrogen-bond donors (Lipinski definition) is 0. The molecule has 2 aliphatic rings. The standard InChI is InChI=1S/C32H40F9N3O4Si/c1-19-26(20-13-22(30(33,34)35)16-23(14-20)31(36,37)38)48-28(45)44(19)18-21-15-24(32(39,40)41)17-42-27(21)43(25-7-10-46-11-8-25)9-12-47-49(5,6)29(2,3)4/h13-17,19,25-26H,7-12,18H2,1-6H3/t19-,26-/m0/s1. The molecule has 0 aliphatic carbocycles. The Balaban J connectivity index is 1.72. The molecule has 1 amide bonds. The molecule has 0 spiro atoms. The molecule has 1 aromatic carbocycles. The van der Waals surface area contributed by atoms with E-state index in [1.165, 1.54) is 6.92 Å². The van der Waals surface area contributed by atoms with E-state index >= 15 is 0 Å². The van der Waals surface area contributed by atoms with Crippen LogP contribution in [0, 0.1) is 0 Å². The van der Waals surface area contributed by atoms with Gasteiger partial charge in [0.05, 0.1) is 35.9 Å². The molecule has 274 valence electrons. The second kappa shape index (κ2) is 13.9. The number of alkyl halides is 9. The normalized spacial score (nSPS) is 20.1. The highest BCUT2D eigenvalue weighted by Gasteiger charge is 2.44. The van der Waals surface area contributed by atoms with Crippen LogP contribution in [-0.2, 0) is 39.0 Å². The summed E-state index contributed by atoms with van der Waals surface area (Å²) in [5, 5.41) is -0.114. The lowest BCUT2D eigenvalue weighted by atomic mass is 9.97. The Labute approximate surface area is 279 Å². The molecule has 17 heteroatoms. The van der Waals surface area contributed by atoms with Gasteiger partial charge >= 0.3 is 24.6 Å². The predicted octanol–water partition coefficient (Wildman–Crippen LogP) is 9.23. The van der Waals surface area contributed by atoms with Crippen LogP contribution in [0.3, 0.4) is 0 Å². The number of halogens is 9. The van der Waals surface area contributed by atoms with Crippen LogP contribution < -0.4 is 4.90 Å².